The van der Waals surface area contributed by atoms with Crippen LogP contribution < -0.4 is 16.4 Å². The van der Waals surface area contributed by atoms with Gasteiger partial charge in [-0.1, -0.05) is 26.0 Å². The number of fused-ring (bicyclic) bond motifs is 1. The quantitative estimate of drug-likeness (QED) is 0.522. The van der Waals surface area contributed by atoms with Crippen LogP contribution in [0, 0.1) is 0 Å². The van der Waals surface area contributed by atoms with Gasteiger partial charge in [0.05, 0.1) is 21.8 Å². The van der Waals surface area contributed by atoms with Crippen LogP contribution in [0.15, 0.2) is 56.6 Å². The molecule has 1 amide bonds. The van der Waals surface area contributed by atoms with Gasteiger partial charge in [0.25, 0.3) is 0 Å². The van der Waals surface area contributed by atoms with Crippen LogP contribution in [0.4, 0.5) is 11.4 Å². The third-order valence-electron chi connectivity index (χ3n) is 5.01. The first-order valence-electron chi connectivity index (χ1n) is 10.0. The molecule has 0 saturated heterocycles. The highest BCUT2D eigenvalue weighted by Crippen LogP contribution is 2.27. The van der Waals surface area contributed by atoms with Crippen LogP contribution in [0.1, 0.15) is 20.3 Å². The summed E-state index contributed by atoms with van der Waals surface area (Å²) in [7, 11) is -1.98. The summed E-state index contributed by atoms with van der Waals surface area (Å²) in [5.41, 5.74) is 2.01. The number of anilines is 2. The van der Waals surface area contributed by atoms with E-state index in [0.717, 1.165) is 0 Å². The van der Waals surface area contributed by atoms with Gasteiger partial charge in [0.2, 0.25) is 15.9 Å². The maximum atomic E-state index is 12.8. The van der Waals surface area contributed by atoms with Crippen molar-refractivity contribution in [3.63, 3.8) is 0 Å². The summed E-state index contributed by atoms with van der Waals surface area (Å²) in [6, 6.07) is 11.5. The maximum Gasteiger partial charge on any atom is 0.419 e. The van der Waals surface area contributed by atoms with E-state index in [1.165, 1.54) is 21.0 Å². The number of amides is 1. The fourth-order valence-corrected chi connectivity index (χ4v) is 4.85. The van der Waals surface area contributed by atoms with Gasteiger partial charge in [-0.3, -0.25) is 9.36 Å². The molecule has 0 spiro atoms. The molecule has 0 atom stereocenters. The van der Waals surface area contributed by atoms with E-state index in [1.54, 1.807) is 51.2 Å². The molecule has 0 aliphatic heterocycles. The van der Waals surface area contributed by atoms with E-state index in [1.807, 2.05) is 0 Å². The Kier molecular flexibility index (Phi) is 6.81. The number of aryl methyl sites for hydroxylation is 1. The molecule has 0 saturated carbocycles. The van der Waals surface area contributed by atoms with Gasteiger partial charge < -0.3 is 15.1 Å². The molecule has 1 aromatic heterocycles. The first-order chi connectivity index (χ1) is 14.8. The predicted octanol–water partition coefficient (Wildman–Crippen LogP) is 2.70. The van der Waals surface area contributed by atoms with Crippen molar-refractivity contribution in [1.82, 2.24) is 8.87 Å². The van der Waals surface area contributed by atoms with Gasteiger partial charge in [0.1, 0.15) is 0 Å². The lowest BCUT2D eigenvalue weighted by atomic mass is 10.2. The summed E-state index contributed by atoms with van der Waals surface area (Å²) in [4.78, 5) is 24.8. The van der Waals surface area contributed by atoms with Crippen molar-refractivity contribution < 1.29 is 17.6 Å². The Morgan fingerprint density at radius 3 is 2.48 bits per heavy atom. The van der Waals surface area contributed by atoms with E-state index < -0.39 is 15.8 Å². The number of carbonyl (C=O) groups excluding carboxylic acids is 1. The van der Waals surface area contributed by atoms with E-state index in [4.69, 9.17) is 4.42 Å². The van der Waals surface area contributed by atoms with Crippen LogP contribution in [0.5, 0.6) is 0 Å². The first-order valence-corrected chi connectivity index (χ1v) is 11.5. The van der Waals surface area contributed by atoms with Crippen molar-refractivity contribution in [3.8, 4) is 0 Å². The molecule has 166 valence electrons. The average molecular weight is 447 g/mol. The minimum absolute atomic E-state index is 0.0135. The SMILES string of the molecule is CCN(CC)S(=O)(=O)c1ccc(NC)c(NC(=O)CCn2c(=O)oc3ccccc32)c1. The summed E-state index contributed by atoms with van der Waals surface area (Å²) >= 11 is 0. The normalized spacial score (nSPS) is 11.7. The molecule has 31 heavy (non-hydrogen) atoms. The third kappa shape index (κ3) is 4.64. The zero-order valence-electron chi connectivity index (χ0n) is 17.7. The lowest BCUT2D eigenvalue weighted by Crippen LogP contribution is -2.30. The largest absolute Gasteiger partial charge is 0.419 e. The summed E-state index contributed by atoms with van der Waals surface area (Å²) in [6.07, 6.45) is 0.0135. The Labute approximate surface area is 180 Å². The number of aromatic nitrogens is 1. The predicted molar refractivity (Wildman–Crippen MR) is 120 cm³/mol. The Bertz CT molecular complexity index is 1240. The molecule has 0 aliphatic carbocycles. The molecule has 0 unspecified atom stereocenters. The molecular formula is C21H26N4O5S. The van der Waals surface area contributed by atoms with E-state index in [9.17, 15) is 18.0 Å². The molecule has 1 heterocycles. The molecule has 3 rings (SSSR count). The third-order valence-corrected chi connectivity index (χ3v) is 7.06. The molecule has 3 aromatic rings. The number of nitrogens with one attached hydrogen (secondary N) is 2. The second-order valence-electron chi connectivity index (χ2n) is 6.83. The zero-order chi connectivity index (χ0) is 22.6. The molecule has 10 heteroatoms. The smallest absolute Gasteiger partial charge is 0.408 e. The number of hydrogen-bond donors (Lipinski definition) is 2. The molecule has 2 aromatic carbocycles. The summed E-state index contributed by atoms with van der Waals surface area (Å²) in [6.45, 7) is 4.37. The number of rotatable bonds is 9. The number of hydrogen-bond acceptors (Lipinski definition) is 6. The molecule has 0 bridgehead atoms. The number of para-hydroxylation sites is 2. The van der Waals surface area contributed by atoms with E-state index in [-0.39, 0.29) is 23.8 Å². The van der Waals surface area contributed by atoms with E-state index >= 15 is 0 Å². The molecule has 2 N–H and O–H groups in total. The van der Waals surface area contributed by atoms with E-state index in [2.05, 4.69) is 10.6 Å². The van der Waals surface area contributed by atoms with Crippen LogP contribution in [-0.2, 0) is 21.4 Å². The zero-order valence-corrected chi connectivity index (χ0v) is 18.5. The lowest BCUT2D eigenvalue weighted by Gasteiger charge is -2.20. The van der Waals surface area contributed by atoms with Crippen molar-refractivity contribution in [1.29, 1.82) is 0 Å². The number of benzene rings is 2. The summed E-state index contributed by atoms with van der Waals surface area (Å²) in [5.74, 6) is -0.886. The van der Waals surface area contributed by atoms with Crippen LogP contribution in [-0.4, -0.2) is 43.3 Å². The standard InChI is InChI=1S/C21H26N4O5S/c1-4-24(5-2)31(28,29)15-10-11-16(22-3)17(14-15)23-20(26)12-13-25-18-8-6-7-9-19(18)30-21(25)27/h6-11,14,22H,4-5,12-13H2,1-3H3,(H,23,26). The highest BCUT2D eigenvalue weighted by atomic mass is 32.2. The number of carbonyl (C=O) groups is 1. The number of nitrogens with zero attached hydrogens (tertiary/aromatic N) is 2. The van der Waals surface area contributed by atoms with Gasteiger partial charge in [0.15, 0.2) is 5.58 Å². The Morgan fingerprint density at radius 1 is 1.10 bits per heavy atom. The van der Waals surface area contributed by atoms with Crippen molar-refractivity contribution in [2.45, 2.75) is 31.7 Å². The van der Waals surface area contributed by atoms with Gasteiger partial charge in [-0.25, -0.2) is 13.2 Å². The molecule has 0 aliphatic rings. The van der Waals surface area contributed by atoms with Crippen molar-refractivity contribution >= 4 is 38.4 Å². The van der Waals surface area contributed by atoms with Gasteiger partial charge in [-0.2, -0.15) is 4.31 Å². The van der Waals surface area contributed by atoms with Gasteiger partial charge in [-0.15, -0.1) is 0 Å². The topological polar surface area (TPSA) is 114 Å². The highest BCUT2D eigenvalue weighted by molar-refractivity contribution is 7.89. The lowest BCUT2D eigenvalue weighted by molar-refractivity contribution is -0.116. The highest BCUT2D eigenvalue weighted by Gasteiger charge is 2.23. The second kappa shape index (κ2) is 9.36. The van der Waals surface area contributed by atoms with E-state index in [0.29, 0.717) is 35.6 Å². The minimum Gasteiger partial charge on any atom is -0.408 e. The monoisotopic (exact) mass is 446 g/mol. The van der Waals surface area contributed by atoms with Gasteiger partial charge >= 0.3 is 5.76 Å². The fourth-order valence-electron chi connectivity index (χ4n) is 3.37. The Balaban J connectivity index is 1.80. The second-order valence-corrected chi connectivity index (χ2v) is 8.77. The van der Waals surface area contributed by atoms with Crippen LogP contribution >= 0.6 is 0 Å². The van der Waals surface area contributed by atoms with Crippen LogP contribution in [0.2, 0.25) is 0 Å². The summed E-state index contributed by atoms with van der Waals surface area (Å²) in [5, 5.41) is 5.69. The maximum absolute atomic E-state index is 12.8. The van der Waals surface area contributed by atoms with Crippen molar-refractivity contribution in [2.75, 3.05) is 30.8 Å². The minimum atomic E-state index is -3.67. The first kappa shape index (κ1) is 22.6. The average Bonchev–Trinajstić information content (AvgIpc) is 3.07. The number of oxazole rings is 1. The van der Waals surface area contributed by atoms with Crippen LogP contribution in [0.3, 0.4) is 0 Å². The molecular weight excluding hydrogens is 420 g/mol. The van der Waals surface area contributed by atoms with Gasteiger partial charge in [-0.05, 0) is 30.3 Å². The summed E-state index contributed by atoms with van der Waals surface area (Å²) < 4.78 is 33.6. The Hall–Kier alpha value is -3.11. The molecule has 0 radical (unpaired) electrons. The number of sulfonamides is 1. The van der Waals surface area contributed by atoms with Crippen molar-refractivity contribution in [2.24, 2.45) is 0 Å². The van der Waals surface area contributed by atoms with Crippen molar-refractivity contribution in [3.05, 3.63) is 53.0 Å². The van der Waals surface area contributed by atoms with Gasteiger partial charge in [0, 0.05) is 33.1 Å². The van der Waals surface area contributed by atoms with Crippen LogP contribution in [0.25, 0.3) is 11.1 Å². The fraction of sp³-hybridized carbons (Fsp3) is 0.333. The molecule has 0 fully saturated rings. The molecule has 9 nitrogen and oxygen atoms in total. The Morgan fingerprint density at radius 2 is 1.81 bits per heavy atom.